The van der Waals surface area contributed by atoms with Gasteiger partial charge in [-0.25, -0.2) is 4.79 Å². The van der Waals surface area contributed by atoms with E-state index in [4.69, 9.17) is 9.16 Å². The highest BCUT2D eigenvalue weighted by atomic mass is 28.4. The van der Waals surface area contributed by atoms with Gasteiger partial charge in [-0.05, 0) is 38.0 Å². The molecular formula is C23H34N2O5Si. The lowest BCUT2D eigenvalue weighted by atomic mass is 9.79. The molecule has 3 amide bonds. The van der Waals surface area contributed by atoms with Crippen LogP contribution in [-0.2, 0) is 14.0 Å². The molecule has 2 aliphatic rings. The van der Waals surface area contributed by atoms with E-state index in [1.807, 2.05) is 31.2 Å². The fourth-order valence-corrected chi connectivity index (χ4v) is 5.08. The van der Waals surface area contributed by atoms with Crippen molar-refractivity contribution < 1.29 is 23.5 Å². The number of amides is 3. The van der Waals surface area contributed by atoms with Crippen LogP contribution in [0.3, 0.4) is 0 Å². The van der Waals surface area contributed by atoms with Gasteiger partial charge in [-0.2, -0.15) is 0 Å². The van der Waals surface area contributed by atoms with Crippen molar-refractivity contribution in [2.75, 3.05) is 13.7 Å². The molecule has 3 atom stereocenters. The van der Waals surface area contributed by atoms with Gasteiger partial charge < -0.3 is 9.16 Å². The Morgan fingerprint density at radius 2 is 1.84 bits per heavy atom. The molecule has 2 bridgehead atoms. The van der Waals surface area contributed by atoms with Crippen LogP contribution in [0.5, 0.6) is 5.75 Å². The van der Waals surface area contributed by atoms with Crippen molar-refractivity contribution in [3.8, 4) is 5.75 Å². The van der Waals surface area contributed by atoms with Crippen LogP contribution in [0.4, 0.5) is 4.79 Å². The molecule has 1 saturated heterocycles. The second-order valence-corrected chi connectivity index (χ2v) is 15.1. The summed E-state index contributed by atoms with van der Waals surface area (Å²) in [5.74, 6) is -0.442. The van der Waals surface area contributed by atoms with E-state index in [2.05, 4.69) is 33.9 Å². The largest absolute Gasteiger partial charge is 0.467 e. The molecule has 2 aliphatic heterocycles. The zero-order valence-corrected chi connectivity index (χ0v) is 20.8. The van der Waals surface area contributed by atoms with Crippen LogP contribution in [0.15, 0.2) is 24.3 Å². The number of nitrogens with zero attached hydrogens (tertiary/aromatic N) is 2. The van der Waals surface area contributed by atoms with Crippen LogP contribution in [0, 0.1) is 5.92 Å². The lowest BCUT2D eigenvalue weighted by Gasteiger charge is -2.57. The topological polar surface area (TPSA) is 76.2 Å². The summed E-state index contributed by atoms with van der Waals surface area (Å²) in [4.78, 5) is 40.8. The molecule has 1 aromatic carbocycles. The standard InChI is InChI=1S/C23H34N2O5Si/c1-15(26)13-19(27)25-20-16-11-9-10-12-18(16)30-23(5,24(6)21(25)28)17(20)14-29-31(7,8)22(2,3)4/h9-12,17,20H,13-14H2,1-8H3/t17-,20-,23+/m1/s1. The molecule has 31 heavy (non-hydrogen) atoms. The summed E-state index contributed by atoms with van der Waals surface area (Å²) in [5.41, 5.74) is -0.215. The first-order valence-corrected chi connectivity index (χ1v) is 13.6. The molecule has 1 aromatic rings. The van der Waals surface area contributed by atoms with Crippen molar-refractivity contribution >= 4 is 26.0 Å². The van der Waals surface area contributed by atoms with Crippen molar-refractivity contribution in [1.82, 2.24) is 9.80 Å². The van der Waals surface area contributed by atoms with Gasteiger partial charge in [0.1, 0.15) is 11.5 Å². The van der Waals surface area contributed by atoms with Gasteiger partial charge in [-0.3, -0.25) is 19.4 Å². The summed E-state index contributed by atoms with van der Waals surface area (Å²) >= 11 is 0. The number of hydrogen-bond acceptors (Lipinski definition) is 5. The van der Waals surface area contributed by atoms with Gasteiger partial charge >= 0.3 is 6.03 Å². The van der Waals surface area contributed by atoms with E-state index in [1.165, 1.54) is 16.7 Å². The maximum atomic E-state index is 13.3. The smallest absolute Gasteiger partial charge is 0.330 e. The second-order valence-electron chi connectivity index (χ2n) is 10.3. The fraction of sp³-hybridized carbons (Fsp3) is 0.609. The van der Waals surface area contributed by atoms with E-state index >= 15 is 0 Å². The molecule has 2 heterocycles. The van der Waals surface area contributed by atoms with E-state index in [0.717, 1.165) is 5.56 Å². The Hall–Kier alpha value is -2.19. The number of benzene rings is 1. The molecule has 0 saturated carbocycles. The van der Waals surface area contributed by atoms with Crippen molar-refractivity contribution in [2.24, 2.45) is 5.92 Å². The lowest BCUT2D eigenvalue weighted by molar-refractivity contribution is -0.169. The molecule has 7 nitrogen and oxygen atoms in total. The van der Waals surface area contributed by atoms with Gasteiger partial charge in [0.15, 0.2) is 14.0 Å². The Morgan fingerprint density at radius 3 is 2.42 bits per heavy atom. The number of urea groups is 1. The maximum absolute atomic E-state index is 13.3. The summed E-state index contributed by atoms with van der Waals surface area (Å²) in [6, 6.07) is 6.45. The Morgan fingerprint density at radius 1 is 1.23 bits per heavy atom. The van der Waals surface area contributed by atoms with Crippen LogP contribution in [-0.4, -0.2) is 55.2 Å². The molecule has 0 aromatic heterocycles. The SMILES string of the molecule is CC(=O)CC(=O)N1C(=O)N(C)[C@@]2(C)Oc3ccccc3[C@@H]1[C@H]2CO[Si](C)(C)C(C)(C)C. The summed E-state index contributed by atoms with van der Waals surface area (Å²) in [6.07, 6.45) is -0.314. The molecule has 0 N–H and O–H groups in total. The summed E-state index contributed by atoms with van der Waals surface area (Å²) in [6.45, 7) is 14.4. The van der Waals surface area contributed by atoms with Crippen LogP contribution < -0.4 is 4.74 Å². The third-order valence-corrected chi connectivity index (χ3v) is 11.7. The van der Waals surface area contributed by atoms with Gasteiger partial charge in [0, 0.05) is 19.2 Å². The zero-order valence-electron chi connectivity index (χ0n) is 19.8. The van der Waals surface area contributed by atoms with E-state index in [9.17, 15) is 14.4 Å². The number of para-hydroxylation sites is 1. The minimum Gasteiger partial charge on any atom is -0.467 e. The number of ketones is 1. The number of hydrogen-bond donors (Lipinski definition) is 0. The van der Waals surface area contributed by atoms with Crippen LogP contribution in [0.2, 0.25) is 18.1 Å². The first-order valence-electron chi connectivity index (χ1n) is 10.7. The highest BCUT2D eigenvalue weighted by molar-refractivity contribution is 6.74. The van der Waals surface area contributed by atoms with Crippen LogP contribution in [0.25, 0.3) is 0 Å². The van der Waals surface area contributed by atoms with E-state index in [1.54, 1.807) is 7.05 Å². The minimum atomic E-state index is -2.09. The predicted octanol–water partition coefficient (Wildman–Crippen LogP) is 4.35. The van der Waals surface area contributed by atoms with Gasteiger partial charge in [0.25, 0.3) is 0 Å². The molecule has 0 aliphatic carbocycles. The number of ether oxygens (including phenoxy) is 1. The van der Waals surface area contributed by atoms with E-state index in [-0.39, 0.29) is 23.2 Å². The predicted molar refractivity (Wildman–Crippen MR) is 120 cm³/mol. The number of fused-ring (bicyclic) bond motifs is 4. The van der Waals surface area contributed by atoms with Crippen LogP contribution >= 0.6 is 0 Å². The first kappa shape index (κ1) is 23.5. The Labute approximate surface area is 185 Å². The lowest BCUT2D eigenvalue weighted by Crippen LogP contribution is -2.71. The third-order valence-electron chi connectivity index (χ3n) is 7.16. The van der Waals surface area contributed by atoms with Gasteiger partial charge in [-0.15, -0.1) is 0 Å². The number of imide groups is 1. The fourth-order valence-electron chi connectivity index (χ4n) is 4.05. The zero-order chi connectivity index (χ0) is 23.4. The summed E-state index contributed by atoms with van der Waals surface area (Å²) in [7, 11) is -0.453. The number of carbonyl (C=O) groups is 3. The molecule has 8 heteroatoms. The van der Waals surface area contributed by atoms with Gasteiger partial charge in [0.05, 0.1) is 18.4 Å². The number of Topliss-reactive ketones (excluding diaryl/α,β-unsaturated/α-hetero) is 1. The summed E-state index contributed by atoms with van der Waals surface area (Å²) in [5, 5.41) is 0.0162. The normalized spacial score (nSPS) is 25.7. The second kappa shape index (κ2) is 7.74. The Kier molecular flexibility index (Phi) is 5.86. The minimum absolute atomic E-state index is 0.0162. The average Bonchev–Trinajstić information content (AvgIpc) is 2.64. The molecule has 170 valence electrons. The number of carbonyl (C=O) groups excluding carboxylic acids is 3. The molecule has 0 unspecified atom stereocenters. The average molecular weight is 447 g/mol. The van der Waals surface area contributed by atoms with Gasteiger partial charge in [0.2, 0.25) is 5.91 Å². The van der Waals surface area contributed by atoms with E-state index in [0.29, 0.717) is 12.4 Å². The van der Waals surface area contributed by atoms with Crippen molar-refractivity contribution in [3.05, 3.63) is 29.8 Å². The van der Waals surface area contributed by atoms with Crippen molar-refractivity contribution in [3.63, 3.8) is 0 Å². The molecular weight excluding hydrogens is 412 g/mol. The maximum Gasteiger partial charge on any atom is 0.330 e. The van der Waals surface area contributed by atoms with Crippen LogP contribution in [0.1, 0.15) is 52.6 Å². The molecule has 0 radical (unpaired) electrons. The first-order chi connectivity index (χ1) is 14.2. The monoisotopic (exact) mass is 446 g/mol. The Balaban J connectivity index is 2.10. The van der Waals surface area contributed by atoms with Crippen molar-refractivity contribution in [2.45, 2.75) is 70.9 Å². The highest BCUT2D eigenvalue weighted by Crippen LogP contribution is 2.52. The number of rotatable bonds is 5. The van der Waals surface area contributed by atoms with Crippen molar-refractivity contribution in [1.29, 1.82) is 0 Å². The molecule has 1 fully saturated rings. The summed E-state index contributed by atoms with van der Waals surface area (Å²) < 4.78 is 12.9. The molecule has 0 spiro atoms. The van der Waals surface area contributed by atoms with Gasteiger partial charge in [-0.1, -0.05) is 39.0 Å². The quantitative estimate of drug-likeness (QED) is 0.496. The molecule has 3 rings (SSSR count). The highest BCUT2D eigenvalue weighted by Gasteiger charge is 2.60. The Bertz CT molecular complexity index is 909. The van der Waals surface area contributed by atoms with E-state index < -0.39 is 32.0 Å². The third kappa shape index (κ3) is 3.91.